The second-order valence-corrected chi connectivity index (χ2v) is 6.54. The number of hydrogen-bond donors (Lipinski definition) is 1. The summed E-state index contributed by atoms with van der Waals surface area (Å²) in [5, 5.41) is 10.1. The predicted molar refractivity (Wildman–Crippen MR) is 104 cm³/mol. The second-order valence-electron chi connectivity index (χ2n) is 6.54. The first kappa shape index (κ1) is 17.8. The van der Waals surface area contributed by atoms with Crippen molar-refractivity contribution in [3.63, 3.8) is 0 Å². The fourth-order valence-electron chi connectivity index (χ4n) is 3.50. The van der Waals surface area contributed by atoms with Gasteiger partial charge in [-0.2, -0.15) is 5.26 Å². The molecule has 1 atom stereocenters. The molecule has 2 aromatic carbocycles. The maximum atomic E-state index is 13.0. The molecule has 0 aliphatic heterocycles. The van der Waals surface area contributed by atoms with Crippen LogP contribution in [-0.2, 0) is 11.2 Å². The van der Waals surface area contributed by atoms with Crippen LogP contribution in [0.25, 0.3) is 10.9 Å². The van der Waals surface area contributed by atoms with Crippen LogP contribution in [-0.4, -0.2) is 22.3 Å². The minimum absolute atomic E-state index is 0.0363. The minimum atomic E-state index is -0.0363. The number of H-pyrrole nitrogens is 1. The minimum Gasteiger partial charge on any atom is -0.358 e. The van der Waals surface area contributed by atoms with Crippen LogP contribution in [0.2, 0.25) is 0 Å². The van der Waals surface area contributed by atoms with E-state index in [0.717, 1.165) is 27.7 Å². The Kier molecular flexibility index (Phi) is 5.09. The molecule has 132 valence electrons. The number of carbonyl (C=O) groups excluding carboxylic acids is 1. The van der Waals surface area contributed by atoms with Gasteiger partial charge in [0.15, 0.2) is 0 Å². The number of fused-ring (bicyclic) bond motifs is 1. The number of likely N-dealkylation sites (N-methyl/N-ethyl adjacent to an activating group) is 1. The molecule has 0 fully saturated rings. The number of carbonyl (C=O) groups is 1. The van der Waals surface area contributed by atoms with E-state index in [1.807, 2.05) is 56.0 Å². The van der Waals surface area contributed by atoms with Gasteiger partial charge in [-0.3, -0.25) is 4.79 Å². The van der Waals surface area contributed by atoms with Crippen LogP contribution in [0.15, 0.2) is 48.5 Å². The summed E-state index contributed by atoms with van der Waals surface area (Å²) in [6, 6.07) is 17.6. The van der Waals surface area contributed by atoms with Crippen LogP contribution in [0, 0.1) is 18.3 Å². The average Bonchev–Trinajstić information content (AvgIpc) is 2.97. The first-order chi connectivity index (χ1) is 12.5. The lowest BCUT2D eigenvalue weighted by molar-refractivity contribution is -0.132. The fourth-order valence-corrected chi connectivity index (χ4v) is 3.50. The number of aromatic nitrogens is 1. The quantitative estimate of drug-likeness (QED) is 0.740. The molecule has 0 aliphatic carbocycles. The van der Waals surface area contributed by atoms with Gasteiger partial charge in [0.2, 0.25) is 5.91 Å². The highest BCUT2D eigenvalue weighted by atomic mass is 16.2. The standard InChI is InChI=1S/C22H23N3O/c1-4-25(16(3)18-11-9-17(14-23)10-12-18)22(26)13-20-15(2)24-21-8-6-5-7-19(20)21/h5-12,16,24H,4,13H2,1-3H3. The van der Waals surface area contributed by atoms with E-state index in [-0.39, 0.29) is 11.9 Å². The van der Waals surface area contributed by atoms with Crippen molar-refractivity contribution in [3.8, 4) is 6.07 Å². The highest BCUT2D eigenvalue weighted by Crippen LogP contribution is 2.25. The molecule has 4 nitrogen and oxygen atoms in total. The monoisotopic (exact) mass is 345 g/mol. The Hall–Kier alpha value is -3.06. The van der Waals surface area contributed by atoms with Crippen LogP contribution in [0.3, 0.4) is 0 Å². The summed E-state index contributed by atoms with van der Waals surface area (Å²) < 4.78 is 0. The zero-order valence-electron chi connectivity index (χ0n) is 15.4. The largest absolute Gasteiger partial charge is 0.358 e. The zero-order chi connectivity index (χ0) is 18.7. The van der Waals surface area contributed by atoms with Gasteiger partial charge in [0.05, 0.1) is 24.1 Å². The third-order valence-corrected chi connectivity index (χ3v) is 5.01. The van der Waals surface area contributed by atoms with Gasteiger partial charge >= 0.3 is 0 Å². The van der Waals surface area contributed by atoms with Crippen LogP contribution in [0.4, 0.5) is 0 Å². The normalized spacial score (nSPS) is 11.9. The Bertz CT molecular complexity index is 963. The molecule has 1 heterocycles. The first-order valence-corrected chi connectivity index (χ1v) is 8.90. The Morgan fingerprint density at radius 1 is 1.19 bits per heavy atom. The molecule has 0 saturated heterocycles. The van der Waals surface area contributed by atoms with Crippen molar-refractivity contribution < 1.29 is 4.79 Å². The highest BCUT2D eigenvalue weighted by molar-refractivity contribution is 5.90. The third kappa shape index (κ3) is 3.34. The van der Waals surface area contributed by atoms with Gasteiger partial charge in [-0.1, -0.05) is 30.3 Å². The fraction of sp³-hybridized carbons (Fsp3) is 0.273. The zero-order valence-corrected chi connectivity index (χ0v) is 15.4. The maximum Gasteiger partial charge on any atom is 0.227 e. The predicted octanol–water partition coefficient (Wildman–Crippen LogP) is 4.50. The van der Waals surface area contributed by atoms with Crippen molar-refractivity contribution in [3.05, 3.63) is 70.9 Å². The highest BCUT2D eigenvalue weighted by Gasteiger charge is 2.22. The summed E-state index contributed by atoms with van der Waals surface area (Å²) >= 11 is 0. The molecular formula is C22H23N3O. The molecule has 0 aliphatic rings. The molecule has 3 aromatic rings. The van der Waals surface area contributed by atoms with Gasteiger partial charge in [-0.25, -0.2) is 0 Å². The van der Waals surface area contributed by atoms with Crippen LogP contribution in [0.1, 0.15) is 42.3 Å². The molecule has 1 aromatic heterocycles. The van der Waals surface area contributed by atoms with E-state index in [9.17, 15) is 4.79 Å². The van der Waals surface area contributed by atoms with Crippen molar-refractivity contribution in [1.29, 1.82) is 5.26 Å². The van der Waals surface area contributed by atoms with Crippen LogP contribution in [0.5, 0.6) is 0 Å². The molecule has 1 N–H and O–H groups in total. The van der Waals surface area contributed by atoms with Crippen molar-refractivity contribution in [2.24, 2.45) is 0 Å². The van der Waals surface area contributed by atoms with E-state index in [0.29, 0.717) is 18.5 Å². The lowest BCUT2D eigenvalue weighted by Crippen LogP contribution is -2.34. The summed E-state index contributed by atoms with van der Waals surface area (Å²) in [4.78, 5) is 18.3. The van der Waals surface area contributed by atoms with Crippen molar-refractivity contribution in [1.82, 2.24) is 9.88 Å². The molecule has 0 saturated carbocycles. The molecule has 4 heteroatoms. The number of nitrogens with zero attached hydrogens (tertiary/aromatic N) is 2. The number of nitriles is 1. The summed E-state index contributed by atoms with van der Waals surface area (Å²) in [6.45, 7) is 6.69. The van der Waals surface area contributed by atoms with Crippen molar-refractivity contribution >= 4 is 16.8 Å². The van der Waals surface area contributed by atoms with Gasteiger partial charge < -0.3 is 9.88 Å². The molecule has 1 unspecified atom stereocenters. The van der Waals surface area contributed by atoms with E-state index >= 15 is 0 Å². The average molecular weight is 345 g/mol. The number of benzene rings is 2. The van der Waals surface area contributed by atoms with E-state index < -0.39 is 0 Å². The molecule has 0 bridgehead atoms. The Balaban J connectivity index is 1.84. The number of aryl methyl sites for hydroxylation is 1. The molecule has 0 radical (unpaired) electrons. The SMILES string of the molecule is CCN(C(=O)Cc1c(C)[nH]c2ccccc12)C(C)c1ccc(C#N)cc1. The number of hydrogen-bond acceptors (Lipinski definition) is 2. The Morgan fingerprint density at radius 2 is 1.88 bits per heavy atom. The number of rotatable bonds is 5. The van der Waals surface area contributed by atoms with Crippen molar-refractivity contribution in [2.45, 2.75) is 33.2 Å². The van der Waals surface area contributed by atoms with Crippen LogP contribution >= 0.6 is 0 Å². The first-order valence-electron chi connectivity index (χ1n) is 8.90. The van der Waals surface area contributed by atoms with Gasteiger partial charge in [-0.15, -0.1) is 0 Å². The summed E-state index contributed by atoms with van der Waals surface area (Å²) in [5.74, 6) is 0.109. The Labute approximate surface area is 154 Å². The summed E-state index contributed by atoms with van der Waals surface area (Å²) in [5.41, 5.74) is 4.84. The number of nitrogens with one attached hydrogen (secondary N) is 1. The number of aromatic amines is 1. The van der Waals surface area contributed by atoms with E-state index in [1.54, 1.807) is 12.1 Å². The van der Waals surface area contributed by atoms with E-state index in [2.05, 4.69) is 17.1 Å². The number of para-hydroxylation sites is 1. The maximum absolute atomic E-state index is 13.0. The summed E-state index contributed by atoms with van der Waals surface area (Å²) in [6.07, 6.45) is 0.379. The van der Waals surface area contributed by atoms with Crippen molar-refractivity contribution in [2.75, 3.05) is 6.54 Å². The smallest absolute Gasteiger partial charge is 0.227 e. The van der Waals surface area contributed by atoms with Gasteiger partial charge in [-0.05, 0) is 50.1 Å². The summed E-state index contributed by atoms with van der Waals surface area (Å²) in [7, 11) is 0. The van der Waals surface area contributed by atoms with E-state index in [1.165, 1.54) is 0 Å². The molecule has 3 rings (SSSR count). The lowest BCUT2D eigenvalue weighted by Gasteiger charge is -2.28. The van der Waals surface area contributed by atoms with Gasteiger partial charge in [0.1, 0.15) is 0 Å². The van der Waals surface area contributed by atoms with Gasteiger partial charge in [0.25, 0.3) is 0 Å². The second kappa shape index (κ2) is 7.45. The lowest BCUT2D eigenvalue weighted by atomic mass is 10.0. The topological polar surface area (TPSA) is 59.9 Å². The number of amides is 1. The van der Waals surface area contributed by atoms with E-state index in [4.69, 9.17) is 5.26 Å². The molecule has 1 amide bonds. The molecule has 26 heavy (non-hydrogen) atoms. The Morgan fingerprint density at radius 3 is 2.54 bits per heavy atom. The molecular weight excluding hydrogens is 322 g/mol. The molecule has 0 spiro atoms. The van der Waals surface area contributed by atoms with Crippen LogP contribution < -0.4 is 0 Å². The third-order valence-electron chi connectivity index (χ3n) is 5.01. The van der Waals surface area contributed by atoms with Gasteiger partial charge in [0, 0.05) is 23.1 Å².